The second-order valence-corrected chi connectivity index (χ2v) is 7.01. The Labute approximate surface area is 171 Å². The van der Waals surface area contributed by atoms with Crippen molar-refractivity contribution >= 4 is 11.9 Å². The molecule has 0 saturated carbocycles. The number of hydrogen-bond donors (Lipinski definition) is 3. The quantitative estimate of drug-likeness (QED) is 0.446. The lowest BCUT2D eigenvalue weighted by molar-refractivity contribution is -0.121. The molecule has 2 unspecified atom stereocenters. The maximum absolute atomic E-state index is 13.1. The Morgan fingerprint density at radius 2 is 1.86 bits per heavy atom. The minimum Gasteiger partial charge on any atom is -0.489 e. The van der Waals surface area contributed by atoms with E-state index >= 15 is 0 Å². The molecule has 0 aliphatic heterocycles. The van der Waals surface area contributed by atoms with Crippen molar-refractivity contribution in [2.45, 2.75) is 26.4 Å². The van der Waals surface area contributed by atoms with E-state index in [0.29, 0.717) is 25.5 Å². The SMILES string of the molecule is CN=C(NCC(C)Oc1cccc(C)c1)NCC(Cc1ccc(F)cc1)C(N)=O. The van der Waals surface area contributed by atoms with Crippen LogP contribution in [0.25, 0.3) is 0 Å². The number of ether oxygens (including phenoxy) is 1. The van der Waals surface area contributed by atoms with Crippen molar-refractivity contribution in [1.82, 2.24) is 10.6 Å². The number of halogens is 1. The van der Waals surface area contributed by atoms with Gasteiger partial charge in [0.05, 0.1) is 12.5 Å². The lowest BCUT2D eigenvalue weighted by atomic mass is 9.98. The van der Waals surface area contributed by atoms with Crippen LogP contribution in [0.4, 0.5) is 4.39 Å². The number of aryl methyl sites for hydroxylation is 1. The van der Waals surface area contributed by atoms with E-state index in [-0.39, 0.29) is 11.9 Å². The van der Waals surface area contributed by atoms with Crippen LogP contribution in [0.1, 0.15) is 18.1 Å². The minimum atomic E-state index is -0.444. The van der Waals surface area contributed by atoms with Crippen molar-refractivity contribution in [3.63, 3.8) is 0 Å². The van der Waals surface area contributed by atoms with Gasteiger partial charge < -0.3 is 21.1 Å². The van der Waals surface area contributed by atoms with Gasteiger partial charge in [-0.2, -0.15) is 0 Å². The summed E-state index contributed by atoms with van der Waals surface area (Å²) in [6, 6.07) is 13.9. The highest BCUT2D eigenvalue weighted by Gasteiger charge is 2.17. The number of benzene rings is 2. The average molecular weight is 400 g/mol. The van der Waals surface area contributed by atoms with E-state index < -0.39 is 11.8 Å². The molecule has 29 heavy (non-hydrogen) atoms. The summed E-state index contributed by atoms with van der Waals surface area (Å²) < 4.78 is 18.9. The number of carbonyl (C=O) groups is 1. The van der Waals surface area contributed by atoms with Crippen molar-refractivity contribution in [3.8, 4) is 5.75 Å². The number of nitrogens with two attached hydrogens (primary N) is 1. The maximum Gasteiger partial charge on any atom is 0.222 e. The predicted molar refractivity (Wildman–Crippen MR) is 113 cm³/mol. The summed E-state index contributed by atoms with van der Waals surface area (Å²) in [6.45, 7) is 4.83. The monoisotopic (exact) mass is 400 g/mol. The van der Waals surface area contributed by atoms with Crippen LogP contribution in [0.3, 0.4) is 0 Å². The third-order valence-corrected chi connectivity index (χ3v) is 4.42. The number of hydrogen-bond acceptors (Lipinski definition) is 3. The van der Waals surface area contributed by atoms with Gasteiger partial charge in [0.2, 0.25) is 5.91 Å². The third kappa shape index (κ3) is 7.81. The van der Waals surface area contributed by atoms with E-state index in [1.54, 1.807) is 19.2 Å². The number of aliphatic imine (C=N–C) groups is 1. The Morgan fingerprint density at radius 1 is 1.17 bits per heavy atom. The molecular weight excluding hydrogens is 371 g/mol. The van der Waals surface area contributed by atoms with Crippen molar-refractivity contribution in [2.24, 2.45) is 16.6 Å². The molecule has 2 aromatic carbocycles. The zero-order valence-corrected chi connectivity index (χ0v) is 17.1. The standard InChI is InChI=1S/C22H29FN4O2/c1-15-5-4-6-20(11-15)29-16(2)13-26-22(25-3)27-14-18(21(24)28)12-17-7-9-19(23)10-8-17/h4-11,16,18H,12-14H2,1-3H3,(H2,24,28)(H2,25,26,27). The lowest BCUT2D eigenvalue weighted by Crippen LogP contribution is -2.45. The summed E-state index contributed by atoms with van der Waals surface area (Å²) in [5.41, 5.74) is 7.51. The summed E-state index contributed by atoms with van der Waals surface area (Å²) >= 11 is 0. The van der Waals surface area contributed by atoms with Crippen LogP contribution in [0, 0.1) is 18.7 Å². The first kappa shape index (κ1) is 22.2. The molecule has 7 heteroatoms. The summed E-state index contributed by atoms with van der Waals surface area (Å²) in [5, 5.41) is 6.30. The van der Waals surface area contributed by atoms with E-state index in [9.17, 15) is 9.18 Å². The van der Waals surface area contributed by atoms with E-state index in [4.69, 9.17) is 10.5 Å². The van der Waals surface area contributed by atoms with Crippen LogP contribution in [-0.4, -0.2) is 38.1 Å². The number of rotatable bonds is 9. The molecule has 0 spiro atoms. The molecule has 2 rings (SSSR count). The fourth-order valence-electron chi connectivity index (χ4n) is 2.82. The Kier molecular flexibility index (Phi) is 8.45. The topological polar surface area (TPSA) is 88.7 Å². The zero-order chi connectivity index (χ0) is 21.2. The molecule has 0 aromatic heterocycles. The molecule has 1 amide bonds. The van der Waals surface area contributed by atoms with Crippen LogP contribution in [0.5, 0.6) is 5.75 Å². The molecular formula is C22H29FN4O2. The molecule has 0 radical (unpaired) electrons. The largest absolute Gasteiger partial charge is 0.489 e. The first-order valence-electron chi connectivity index (χ1n) is 9.59. The molecule has 6 nitrogen and oxygen atoms in total. The summed E-state index contributed by atoms with van der Waals surface area (Å²) in [5.74, 6) is 0.188. The van der Waals surface area contributed by atoms with E-state index in [0.717, 1.165) is 16.9 Å². The molecule has 0 saturated heterocycles. The summed E-state index contributed by atoms with van der Waals surface area (Å²) in [6.07, 6.45) is 0.341. The second kappa shape index (κ2) is 11.0. The Balaban J connectivity index is 1.82. The van der Waals surface area contributed by atoms with Crippen molar-refractivity contribution in [2.75, 3.05) is 20.1 Å². The smallest absolute Gasteiger partial charge is 0.222 e. The Bertz CT molecular complexity index is 824. The number of nitrogens with zero attached hydrogens (tertiary/aromatic N) is 1. The first-order chi connectivity index (χ1) is 13.9. The van der Waals surface area contributed by atoms with Crippen LogP contribution >= 0.6 is 0 Å². The summed E-state index contributed by atoms with van der Waals surface area (Å²) in [4.78, 5) is 16.0. The number of guanidine groups is 1. The van der Waals surface area contributed by atoms with E-state index in [2.05, 4.69) is 15.6 Å². The van der Waals surface area contributed by atoms with E-state index in [1.807, 2.05) is 38.1 Å². The van der Waals surface area contributed by atoms with Gasteiger partial charge in [0.15, 0.2) is 5.96 Å². The number of amides is 1. The van der Waals surface area contributed by atoms with E-state index in [1.165, 1.54) is 12.1 Å². The second-order valence-electron chi connectivity index (χ2n) is 7.01. The van der Waals surface area contributed by atoms with Crippen molar-refractivity contribution < 1.29 is 13.9 Å². The van der Waals surface area contributed by atoms with Gasteiger partial charge in [-0.05, 0) is 55.7 Å². The molecule has 0 heterocycles. The highest BCUT2D eigenvalue weighted by Crippen LogP contribution is 2.14. The molecule has 4 N–H and O–H groups in total. The van der Waals surface area contributed by atoms with Gasteiger partial charge in [-0.3, -0.25) is 9.79 Å². The maximum atomic E-state index is 13.1. The van der Waals surface area contributed by atoms with Gasteiger partial charge in [-0.25, -0.2) is 4.39 Å². The summed E-state index contributed by atoms with van der Waals surface area (Å²) in [7, 11) is 1.65. The average Bonchev–Trinajstić information content (AvgIpc) is 2.68. The predicted octanol–water partition coefficient (Wildman–Crippen LogP) is 2.41. The van der Waals surface area contributed by atoms with Gasteiger partial charge in [-0.1, -0.05) is 24.3 Å². The molecule has 2 aromatic rings. The molecule has 0 aliphatic rings. The molecule has 0 bridgehead atoms. The zero-order valence-electron chi connectivity index (χ0n) is 17.1. The minimum absolute atomic E-state index is 0.0819. The van der Waals surface area contributed by atoms with Crippen LogP contribution in [0.15, 0.2) is 53.5 Å². The lowest BCUT2D eigenvalue weighted by Gasteiger charge is -2.20. The molecule has 2 atom stereocenters. The Morgan fingerprint density at radius 3 is 2.48 bits per heavy atom. The van der Waals surface area contributed by atoms with Crippen LogP contribution in [0.2, 0.25) is 0 Å². The van der Waals surface area contributed by atoms with Crippen molar-refractivity contribution in [1.29, 1.82) is 0 Å². The number of carbonyl (C=O) groups excluding carboxylic acids is 1. The molecule has 0 aliphatic carbocycles. The van der Waals surface area contributed by atoms with Gasteiger partial charge in [-0.15, -0.1) is 0 Å². The van der Waals surface area contributed by atoms with Gasteiger partial charge >= 0.3 is 0 Å². The van der Waals surface area contributed by atoms with Crippen LogP contribution < -0.4 is 21.1 Å². The fourth-order valence-corrected chi connectivity index (χ4v) is 2.82. The molecule has 0 fully saturated rings. The van der Waals surface area contributed by atoms with Gasteiger partial charge in [0.1, 0.15) is 17.7 Å². The molecule has 156 valence electrons. The van der Waals surface area contributed by atoms with Crippen LogP contribution in [-0.2, 0) is 11.2 Å². The Hall–Kier alpha value is -3.09. The fraction of sp³-hybridized carbons (Fsp3) is 0.364. The first-order valence-corrected chi connectivity index (χ1v) is 9.59. The highest BCUT2D eigenvalue weighted by molar-refractivity contribution is 5.81. The van der Waals surface area contributed by atoms with Gasteiger partial charge in [0.25, 0.3) is 0 Å². The number of nitrogens with one attached hydrogen (secondary N) is 2. The highest BCUT2D eigenvalue weighted by atomic mass is 19.1. The van der Waals surface area contributed by atoms with Crippen molar-refractivity contribution in [3.05, 3.63) is 65.5 Å². The van der Waals surface area contributed by atoms with Gasteiger partial charge in [0, 0.05) is 13.6 Å². The number of primary amides is 1. The third-order valence-electron chi connectivity index (χ3n) is 4.42. The normalized spacial score (nSPS) is 13.4.